The first-order chi connectivity index (χ1) is 13.8. The Kier molecular flexibility index (Phi) is 5.41. The zero-order valence-electron chi connectivity index (χ0n) is 16.6. The van der Waals surface area contributed by atoms with Gasteiger partial charge in [0.05, 0.1) is 30.3 Å². The van der Waals surface area contributed by atoms with Crippen LogP contribution < -0.4 is 14.2 Å². The van der Waals surface area contributed by atoms with Crippen LogP contribution in [0.1, 0.15) is 35.3 Å². The van der Waals surface area contributed by atoms with Gasteiger partial charge in [0.15, 0.2) is 11.5 Å². The summed E-state index contributed by atoms with van der Waals surface area (Å²) in [5, 5.41) is 11.2. The molecule has 1 heterocycles. The Bertz CT molecular complexity index is 1040. The lowest BCUT2D eigenvalue weighted by atomic mass is 9.97. The van der Waals surface area contributed by atoms with Gasteiger partial charge >= 0.3 is 5.69 Å². The number of carbonyl (C=O) groups excluding carboxylic acids is 1. The van der Waals surface area contributed by atoms with Crippen LogP contribution >= 0.6 is 0 Å². The molecule has 1 aliphatic heterocycles. The van der Waals surface area contributed by atoms with Crippen LogP contribution in [-0.2, 0) is 0 Å². The van der Waals surface area contributed by atoms with Crippen LogP contribution in [-0.4, -0.2) is 30.5 Å². The third kappa shape index (κ3) is 4.13. The zero-order chi connectivity index (χ0) is 21.2. The van der Waals surface area contributed by atoms with E-state index in [9.17, 15) is 14.9 Å². The van der Waals surface area contributed by atoms with Gasteiger partial charge in [-0.1, -0.05) is 12.1 Å². The van der Waals surface area contributed by atoms with Crippen LogP contribution in [0.5, 0.6) is 17.2 Å². The molecular formula is C22H21NO6. The van der Waals surface area contributed by atoms with Crippen LogP contribution in [0.15, 0.2) is 42.5 Å². The maximum atomic E-state index is 12.9. The van der Waals surface area contributed by atoms with Crippen molar-refractivity contribution in [1.82, 2.24) is 0 Å². The van der Waals surface area contributed by atoms with Gasteiger partial charge in [-0.25, -0.2) is 0 Å². The molecule has 7 nitrogen and oxygen atoms in total. The van der Waals surface area contributed by atoms with Crippen molar-refractivity contribution in [3.05, 3.63) is 69.3 Å². The number of fused-ring (bicyclic) bond motifs is 1. The highest BCUT2D eigenvalue weighted by Crippen LogP contribution is 2.40. The molecule has 0 fully saturated rings. The average Bonchev–Trinajstić information content (AvgIpc) is 2.70. The number of ether oxygens (including phenoxy) is 3. The summed E-state index contributed by atoms with van der Waals surface area (Å²) >= 11 is 0. The third-order valence-corrected chi connectivity index (χ3v) is 4.48. The molecular weight excluding hydrogens is 374 g/mol. The number of nitrogens with zero attached hydrogens (tertiary/aromatic N) is 1. The van der Waals surface area contributed by atoms with Gasteiger partial charge in [-0.3, -0.25) is 14.9 Å². The van der Waals surface area contributed by atoms with E-state index < -0.39 is 10.5 Å². The number of hydrogen-bond acceptors (Lipinski definition) is 6. The van der Waals surface area contributed by atoms with Crippen molar-refractivity contribution in [3.63, 3.8) is 0 Å². The minimum absolute atomic E-state index is 0.158. The second kappa shape index (κ2) is 7.79. The maximum Gasteiger partial charge on any atom is 0.311 e. The Morgan fingerprint density at radius 2 is 1.83 bits per heavy atom. The summed E-state index contributed by atoms with van der Waals surface area (Å²) in [7, 11) is 2.92. The zero-order valence-corrected chi connectivity index (χ0v) is 16.6. The molecule has 0 unspecified atom stereocenters. The SMILES string of the molecule is COc1ccc(/C=C/C(=O)c2ccc(OC)c3c2OC(C)(C)C=C3)cc1[N+](=O)[O-]. The number of methoxy groups -OCH3 is 2. The van der Waals surface area contributed by atoms with Crippen LogP contribution in [0.3, 0.4) is 0 Å². The number of allylic oxidation sites excluding steroid dienone is 1. The van der Waals surface area contributed by atoms with Gasteiger partial charge in [0, 0.05) is 6.07 Å². The predicted molar refractivity (Wildman–Crippen MR) is 110 cm³/mol. The van der Waals surface area contributed by atoms with E-state index in [4.69, 9.17) is 14.2 Å². The van der Waals surface area contributed by atoms with E-state index in [1.165, 1.54) is 31.4 Å². The maximum absolute atomic E-state index is 12.9. The Hall–Kier alpha value is -3.61. The first kappa shape index (κ1) is 20.1. The van der Waals surface area contributed by atoms with Gasteiger partial charge in [0.1, 0.15) is 17.1 Å². The standard InChI is InChI=1S/C22H21NO6/c1-22(2)12-11-16-19(27-3)10-7-15(21(16)29-22)18(24)8-5-14-6-9-20(28-4)17(13-14)23(25)26/h5-13H,1-4H3/b8-5+. The number of hydrogen-bond donors (Lipinski definition) is 0. The average molecular weight is 395 g/mol. The monoisotopic (exact) mass is 395 g/mol. The second-order valence-electron chi connectivity index (χ2n) is 6.98. The minimum Gasteiger partial charge on any atom is -0.496 e. The summed E-state index contributed by atoms with van der Waals surface area (Å²) in [5.74, 6) is 0.934. The molecule has 3 rings (SSSR count). The summed E-state index contributed by atoms with van der Waals surface area (Å²) < 4.78 is 16.4. The summed E-state index contributed by atoms with van der Waals surface area (Å²) in [6, 6.07) is 7.85. The summed E-state index contributed by atoms with van der Waals surface area (Å²) in [6.07, 6.45) is 6.67. The fraction of sp³-hybridized carbons (Fsp3) is 0.227. The van der Waals surface area contributed by atoms with E-state index in [-0.39, 0.29) is 17.2 Å². The Labute approximate surface area is 168 Å². The summed E-state index contributed by atoms with van der Waals surface area (Å²) in [6.45, 7) is 3.79. The number of carbonyl (C=O) groups is 1. The van der Waals surface area contributed by atoms with E-state index in [0.717, 1.165) is 0 Å². The Morgan fingerprint density at radius 1 is 1.14 bits per heavy atom. The lowest BCUT2D eigenvalue weighted by Gasteiger charge is -2.29. The fourth-order valence-corrected chi connectivity index (χ4v) is 3.02. The number of benzene rings is 2. The van der Waals surface area contributed by atoms with Crippen LogP contribution in [0.4, 0.5) is 5.69 Å². The van der Waals surface area contributed by atoms with Gasteiger partial charge < -0.3 is 14.2 Å². The topological polar surface area (TPSA) is 87.9 Å². The molecule has 0 amide bonds. The highest BCUT2D eigenvalue weighted by atomic mass is 16.6. The van der Waals surface area contributed by atoms with Crippen molar-refractivity contribution in [2.75, 3.05) is 14.2 Å². The fourth-order valence-electron chi connectivity index (χ4n) is 3.02. The van der Waals surface area contributed by atoms with Crippen LogP contribution in [0.25, 0.3) is 12.2 Å². The van der Waals surface area contributed by atoms with E-state index in [1.807, 2.05) is 26.0 Å². The lowest BCUT2D eigenvalue weighted by Crippen LogP contribution is -2.28. The van der Waals surface area contributed by atoms with Gasteiger partial charge in [0.25, 0.3) is 0 Å². The molecule has 0 aliphatic carbocycles. The van der Waals surface area contributed by atoms with Crippen molar-refractivity contribution in [3.8, 4) is 17.2 Å². The van der Waals surface area contributed by atoms with E-state index >= 15 is 0 Å². The van der Waals surface area contributed by atoms with Gasteiger partial charge in [0.2, 0.25) is 0 Å². The molecule has 1 aliphatic rings. The molecule has 0 saturated carbocycles. The molecule has 29 heavy (non-hydrogen) atoms. The van der Waals surface area contributed by atoms with E-state index in [2.05, 4.69) is 0 Å². The van der Waals surface area contributed by atoms with Crippen LogP contribution in [0.2, 0.25) is 0 Å². The first-order valence-corrected chi connectivity index (χ1v) is 8.90. The lowest BCUT2D eigenvalue weighted by molar-refractivity contribution is -0.385. The van der Waals surface area contributed by atoms with Crippen LogP contribution in [0, 0.1) is 10.1 Å². The highest BCUT2D eigenvalue weighted by Gasteiger charge is 2.27. The van der Waals surface area contributed by atoms with Crippen molar-refractivity contribution in [2.24, 2.45) is 0 Å². The first-order valence-electron chi connectivity index (χ1n) is 8.90. The van der Waals surface area contributed by atoms with E-state index in [1.54, 1.807) is 25.3 Å². The Balaban J connectivity index is 1.95. The summed E-state index contributed by atoms with van der Waals surface area (Å²) in [5.41, 5.74) is 0.867. The molecule has 0 atom stereocenters. The van der Waals surface area contributed by atoms with Crippen molar-refractivity contribution >= 4 is 23.6 Å². The largest absolute Gasteiger partial charge is 0.496 e. The second-order valence-corrected chi connectivity index (χ2v) is 6.98. The molecule has 0 N–H and O–H groups in total. The van der Waals surface area contributed by atoms with E-state index in [0.29, 0.717) is 28.2 Å². The number of rotatable bonds is 6. The molecule has 2 aromatic rings. The molecule has 0 saturated heterocycles. The van der Waals surface area contributed by atoms with Gasteiger partial charge in [-0.15, -0.1) is 0 Å². The quantitative estimate of drug-likeness (QED) is 0.305. The molecule has 7 heteroatoms. The molecule has 150 valence electrons. The molecule has 0 spiro atoms. The van der Waals surface area contributed by atoms with Crippen molar-refractivity contribution in [1.29, 1.82) is 0 Å². The molecule has 0 bridgehead atoms. The minimum atomic E-state index is -0.561. The van der Waals surface area contributed by atoms with Gasteiger partial charge in [-0.2, -0.15) is 0 Å². The highest BCUT2D eigenvalue weighted by molar-refractivity contribution is 6.09. The molecule has 2 aromatic carbocycles. The molecule has 0 aromatic heterocycles. The third-order valence-electron chi connectivity index (χ3n) is 4.48. The summed E-state index contributed by atoms with van der Waals surface area (Å²) in [4.78, 5) is 23.5. The Morgan fingerprint density at radius 3 is 2.48 bits per heavy atom. The van der Waals surface area contributed by atoms with Crippen molar-refractivity contribution < 1.29 is 23.9 Å². The van der Waals surface area contributed by atoms with Crippen molar-refractivity contribution in [2.45, 2.75) is 19.4 Å². The smallest absolute Gasteiger partial charge is 0.311 e. The normalized spacial score (nSPS) is 14.2. The number of nitro benzene ring substituents is 1. The van der Waals surface area contributed by atoms with Gasteiger partial charge in [-0.05, 0) is 55.8 Å². The molecule has 0 radical (unpaired) electrons. The predicted octanol–water partition coefficient (Wildman–Crippen LogP) is 4.69. The number of nitro groups is 1. The number of ketones is 1.